The van der Waals surface area contributed by atoms with Crippen LogP contribution in [0.25, 0.3) is 0 Å². The molecule has 0 saturated heterocycles. The molecule has 0 N–H and O–H groups in total. The Bertz CT molecular complexity index is 857. The van der Waals surface area contributed by atoms with Crippen LogP contribution in [0.3, 0.4) is 0 Å². The molecule has 4 nitrogen and oxygen atoms in total. The molecule has 25 heavy (non-hydrogen) atoms. The van der Waals surface area contributed by atoms with Crippen molar-refractivity contribution >= 4 is 15.7 Å². The van der Waals surface area contributed by atoms with Gasteiger partial charge in [-0.2, -0.15) is 0 Å². The summed E-state index contributed by atoms with van der Waals surface area (Å²) in [5.41, 5.74) is 2.08. The first-order chi connectivity index (χ1) is 11.8. The minimum atomic E-state index is -3.10. The van der Waals surface area contributed by atoms with Gasteiger partial charge in [-0.1, -0.05) is 24.3 Å². The van der Waals surface area contributed by atoms with Crippen LogP contribution in [-0.4, -0.2) is 31.5 Å². The van der Waals surface area contributed by atoms with Crippen LogP contribution in [0.4, 0.5) is 4.39 Å². The standard InChI is InChI=1S/C19H20FNO3S/c1-25(23,24)13-15-2-6-16(7-3-15)19(22)21(18-10-11-18)12-14-4-8-17(20)9-5-14/h2-9,18H,10-13H2,1H3. The van der Waals surface area contributed by atoms with E-state index < -0.39 is 9.84 Å². The number of amides is 1. The molecule has 1 fully saturated rings. The lowest BCUT2D eigenvalue weighted by molar-refractivity contribution is 0.0730. The molecule has 1 amide bonds. The highest BCUT2D eigenvalue weighted by Crippen LogP contribution is 2.30. The van der Waals surface area contributed by atoms with Gasteiger partial charge in [0, 0.05) is 24.4 Å². The van der Waals surface area contributed by atoms with Crippen LogP contribution in [-0.2, 0) is 22.1 Å². The molecule has 2 aromatic carbocycles. The van der Waals surface area contributed by atoms with Crippen LogP contribution < -0.4 is 0 Å². The van der Waals surface area contributed by atoms with Gasteiger partial charge in [-0.05, 0) is 48.2 Å². The quantitative estimate of drug-likeness (QED) is 0.794. The Kier molecular flexibility index (Phi) is 4.90. The van der Waals surface area contributed by atoms with E-state index >= 15 is 0 Å². The molecule has 0 spiro atoms. The van der Waals surface area contributed by atoms with Gasteiger partial charge in [0.1, 0.15) is 5.82 Å². The van der Waals surface area contributed by atoms with Gasteiger partial charge >= 0.3 is 0 Å². The van der Waals surface area contributed by atoms with Gasteiger partial charge in [0.2, 0.25) is 0 Å². The zero-order valence-electron chi connectivity index (χ0n) is 14.0. The molecule has 2 aromatic rings. The van der Waals surface area contributed by atoms with Crippen LogP contribution >= 0.6 is 0 Å². The Morgan fingerprint density at radius 2 is 1.60 bits per heavy atom. The fraction of sp³-hybridized carbons (Fsp3) is 0.316. The van der Waals surface area contributed by atoms with E-state index in [2.05, 4.69) is 0 Å². The van der Waals surface area contributed by atoms with E-state index in [0.29, 0.717) is 17.7 Å². The number of benzene rings is 2. The van der Waals surface area contributed by atoms with Gasteiger partial charge < -0.3 is 4.90 Å². The number of nitrogens with zero attached hydrogens (tertiary/aromatic N) is 1. The number of carbonyl (C=O) groups excluding carboxylic acids is 1. The maximum absolute atomic E-state index is 13.1. The van der Waals surface area contributed by atoms with E-state index in [4.69, 9.17) is 0 Å². The third-order valence-electron chi connectivity index (χ3n) is 4.14. The summed E-state index contributed by atoms with van der Waals surface area (Å²) in [5, 5.41) is 0. The van der Waals surface area contributed by atoms with E-state index in [0.717, 1.165) is 18.4 Å². The average molecular weight is 361 g/mol. The summed E-state index contributed by atoms with van der Waals surface area (Å²) in [4.78, 5) is 14.6. The average Bonchev–Trinajstić information content (AvgIpc) is 3.38. The minimum absolute atomic E-state index is 0.0383. The van der Waals surface area contributed by atoms with Crippen molar-refractivity contribution in [3.63, 3.8) is 0 Å². The zero-order chi connectivity index (χ0) is 18.0. The first-order valence-corrected chi connectivity index (χ1v) is 10.2. The van der Waals surface area contributed by atoms with E-state index in [-0.39, 0.29) is 23.5 Å². The highest BCUT2D eigenvalue weighted by Gasteiger charge is 2.33. The second kappa shape index (κ2) is 6.96. The second-order valence-corrected chi connectivity index (χ2v) is 8.70. The van der Waals surface area contributed by atoms with Crippen molar-refractivity contribution in [1.29, 1.82) is 0 Å². The molecule has 3 rings (SSSR count). The predicted molar refractivity (Wildman–Crippen MR) is 94.3 cm³/mol. The fourth-order valence-corrected chi connectivity index (χ4v) is 3.55. The summed E-state index contributed by atoms with van der Waals surface area (Å²) in [6.07, 6.45) is 3.13. The Labute approximate surface area is 147 Å². The monoisotopic (exact) mass is 361 g/mol. The molecule has 1 aliphatic rings. The van der Waals surface area contributed by atoms with Gasteiger partial charge in [-0.25, -0.2) is 12.8 Å². The van der Waals surface area contributed by atoms with Crippen molar-refractivity contribution in [1.82, 2.24) is 4.90 Å². The largest absolute Gasteiger partial charge is 0.331 e. The lowest BCUT2D eigenvalue weighted by Gasteiger charge is -2.23. The summed E-state index contributed by atoms with van der Waals surface area (Å²) in [5.74, 6) is -0.420. The van der Waals surface area contributed by atoms with E-state index in [1.165, 1.54) is 18.4 Å². The molecular formula is C19H20FNO3S. The molecule has 0 bridgehead atoms. The molecule has 0 aliphatic heterocycles. The normalized spacial score (nSPS) is 14.3. The lowest BCUT2D eigenvalue weighted by atomic mass is 10.1. The third-order valence-corrected chi connectivity index (χ3v) is 5.00. The van der Waals surface area contributed by atoms with Crippen LogP contribution in [0.5, 0.6) is 0 Å². The Morgan fingerprint density at radius 3 is 2.12 bits per heavy atom. The smallest absolute Gasteiger partial charge is 0.254 e. The molecule has 0 unspecified atom stereocenters. The Balaban J connectivity index is 1.75. The topological polar surface area (TPSA) is 54.5 Å². The summed E-state index contributed by atoms with van der Waals surface area (Å²) in [6.45, 7) is 0.439. The summed E-state index contributed by atoms with van der Waals surface area (Å²) in [7, 11) is -3.10. The highest BCUT2D eigenvalue weighted by atomic mass is 32.2. The van der Waals surface area contributed by atoms with Crippen molar-refractivity contribution in [3.8, 4) is 0 Å². The molecule has 1 saturated carbocycles. The fourth-order valence-electron chi connectivity index (χ4n) is 2.75. The zero-order valence-corrected chi connectivity index (χ0v) is 14.8. The maximum Gasteiger partial charge on any atom is 0.254 e. The predicted octanol–water partition coefficient (Wildman–Crippen LogP) is 3.18. The van der Waals surface area contributed by atoms with Gasteiger partial charge in [0.05, 0.1) is 5.75 Å². The lowest BCUT2D eigenvalue weighted by Crippen LogP contribution is -2.32. The van der Waals surface area contributed by atoms with E-state index in [1.807, 2.05) is 0 Å². The second-order valence-electron chi connectivity index (χ2n) is 6.56. The van der Waals surface area contributed by atoms with Gasteiger partial charge in [0.25, 0.3) is 5.91 Å². The van der Waals surface area contributed by atoms with Crippen LogP contribution in [0.15, 0.2) is 48.5 Å². The minimum Gasteiger partial charge on any atom is -0.331 e. The van der Waals surface area contributed by atoms with Crippen molar-refractivity contribution in [2.24, 2.45) is 0 Å². The van der Waals surface area contributed by atoms with Gasteiger partial charge in [-0.15, -0.1) is 0 Å². The van der Waals surface area contributed by atoms with E-state index in [9.17, 15) is 17.6 Å². The van der Waals surface area contributed by atoms with Gasteiger partial charge in [-0.3, -0.25) is 4.79 Å². The first-order valence-electron chi connectivity index (χ1n) is 8.14. The molecule has 132 valence electrons. The molecule has 6 heteroatoms. The molecule has 1 aliphatic carbocycles. The third kappa shape index (κ3) is 4.89. The van der Waals surface area contributed by atoms with Crippen LogP contribution in [0.2, 0.25) is 0 Å². The molecular weight excluding hydrogens is 341 g/mol. The van der Waals surface area contributed by atoms with Crippen molar-refractivity contribution < 1.29 is 17.6 Å². The van der Waals surface area contributed by atoms with Crippen molar-refractivity contribution in [2.75, 3.05) is 6.26 Å². The van der Waals surface area contributed by atoms with Crippen molar-refractivity contribution in [3.05, 3.63) is 71.0 Å². The van der Waals surface area contributed by atoms with E-state index in [1.54, 1.807) is 41.3 Å². The molecule has 0 atom stereocenters. The number of rotatable bonds is 6. The van der Waals surface area contributed by atoms with Crippen molar-refractivity contribution in [2.45, 2.75) is 31.2 Å². The highest BCUT2D eigenvalue weighted by molar-refractivity contribution is 7.89. The van der Waals surface area contributed by atoms with Gasteiger partial charge in [0.15, 0.2) is 9.84 Å². The summed E-state index contributed by atoms with van der Waals surface area (Å²) < 4.78 is 35.8. The number of hydrogen-bond acceptors (Lipinski definition) is 3. The summed E-state index contributed by atoms with van der Waals surface area (Å²) >= 11 is 0. The van der Waals surface area contributed by atoms with Crippen LogP contribution in [0, 0.1) is 5.82 Å². The number of hydrogen-bond donors (Lipinski definition) is 0. The number of carbonyl (C=O) groups is 1. The molecule has 0 heterocycles. The number of sulfone groups is 1. The Morgan fingerprint density at radius 1 is 1.04 bits per heavy atom. The van der Waals surface area contributed by atoms with Crippen LogP contribution in [0.1, 0.15) is 34.3 Å². The summed E-state index contributed by atoms with van der Waals surface area (Å²) in [6, 6.07) is 13.1. The molecule has 0 radical (unpaired) electrons. The number of halogens is 1. The Hall–Kier alpha value is -2.21. The first kappa shape index (κ1) is 17.6. The molecule has 0 aromatic heterocycles. The maximum atomic E-state index is 13.1. The SMILES string of the molecule is CS(=O)(=O)Cc1ccc(C(=O)N(Cc2ccc(F)cc2)C2CC2)cc1.